The number of fused-ring (bicyclic) bond motifs is 1. The number of carbonyl (C=O) groups is 1. The van der Waals surface area contributed by atoms with E-state index in [1.807, 2.05) is 39.0 Å². The topological polar surface area (TPSA) is 90.0 Å². The molecule has 1 aromatic carbocycles. The number of hydrogen-bond donors (Lipinski definition) is 1. The molecule has 0 bridgehead atoms. The third kappa shape index (κ3) is 3.00. The predicted octanol–water partition coefficient (Wildman–Crippen LogP) is 3.21. The van der Waals surface area contributed by atoms with Crippen LogP contribution in [0.2, 0.25) is 0 Å². The Kier molecular flexibility index (Phi) is 4.63. The molecule has 0 fully saturated rings. The molecule has 3 rings (SSSR count). The van der Waals surface area contributed by atoms with E-state index >= 15 is 0 Å². The summed E-state index contributed by atoms with van der Waals surface area (Å²) in [5.74, 6) is 0.168. The van der Waals surface area contributed by atoms with E-state index in [0.717, 1.165) is 16.8 Å². The molecule has 1 unspecified atom stereocenters. The summed E-state index contributed by atoms with van der Waals surface area (Å²) < 4.78 is 6.51. The van der Waals surface area contributed by atoms with E-state index in [1.165, 1.54) is 4.57 Å². The molecule has 3 aromatic rings. The van der Waals surface area contributed by atoms with Crippen molar-refractivity contribution < 1.29 is 9.32 Å². The average Bonchev–Trinajstić information content (AvgIpc) is 2.94. The molecule has 0 aliphatic heterocycles. The Labute approximate surface area is 151 Å². The van der Waals surface area contributed by atoms with Gasteiger partial charge in [0.1, 0.15) is 17.3 Å². The van der Waals surface area contributed by atoms with Crippen molar-refractivity contribution in [2.45, 2.75) is 47.1 Å². The number of benzene rings is 1. The molecule has 0 aliphatic carbocycles. The van der Waals surface area contributed by atoms with Crippen molar-refractivity contribution in [1.29, 1.82) is 0 Å². The summed E-state index contributed by atoms with van der Waals surface area (Å²) in [6.07, 6.45) is 0.453. The van der Waals surface area contributed by atoms with E-state index in [0.29, 0.717) is 23.3 Å². The first-order valence-corrected chi connectivity index (χ1v) is 8.56. The van der Waals surface area contributed by atoms with Gasteiger partial charge in [-0.15, -0.1) is 0 Å². The molecular formula is C19H22N4O3. The highest BCUT2D eigenvalue weighted by Gasteiger charge is 2.25. The molecule has 136 valence electrons. The minimum absolute atomic E-state index is 0.200. The molecule has 0 spiro atoms. The highest BCUT2D eigenvalue weighted by atomic mass is 16.5. The number of hydrogen-bond acceptors (Lipinski definition) is 5. The Morgan fingerprint density at radius 3 is 2.65 bits per heavy atom. The van der Waals surface area contributed by atoms with E-state index in [9.17, 15) is 9.59 Å². The lowest BCUT2D eigenvalue weighted by atomic mass is 10.1. The third-order valence-corrected chi connectivity index (χ3v) is 4.53. The first kappa shape index (κ1) is 17.8. The smallest absolute Gasteiger partial charge is 0.267 e. The van der Waals surface area contributed by atoms with Crippen LogP contribution in [-0.2, 0) is 4.79 Å². The van der Waals surface area contributed by atoms with Crippen molar-refractivity contribution in [3.63, 3.8) is 0 Å². The quantitative estimate of drug-likeness (QED) is 0.777. The van der Waals surface area contributed by atoms with Gasteiger partial charge in [0.25, 0.3) is 11.3 Å². The molecule has 7 heteroatoms. The van der Waals surface area contributed by atoms with Gasteiger partial charge in [0, 0.05) is 5.69 Å². The third-order valence-electron chi connectivity index (χ3n) is 4.53. The number of amides is 1. The Balaban J connectivity index is 2.03. The molecule has 0 saturated carbocycles. The van der Waals surface area contributed by atoms with E-state index in [1.54, 1.807) is 13.8 Å². The maximum atomic E-state index is 12.9. The largest absolute Gasteiger partial charge is 0.335 e. The van der Waals surface area contributed by atoms with Crippen LogP contribution in [0.15, 0.2) is 27.5 Å². The number of nitrogens with one attached hydrogen (secondary N) is 1. The van der Waals surface area contributed by atoms with Gasteiger partial charge in [0.2, 0.25) is 5.91 Å². The monoisotopic (exact) mass is 354 g/mol. The van der Waals surface area contributed by atoms with Crippen LogP contribution in [0, 0.1) is 27.7 Å². The van der Waals surface area contributed by atoms with Gasteiger partial charge in [-0.2, -0.15) is 4.98 Å². The van der Waals surface area contributed by atoms with Crippen molar-refractivity contribution in [3.8, 4) is 0 Å². The zero-order chi connectivity index (χ0) is 19.0. The predicted molar refractivity (Wildman–Crippen MR) is 99.4 cm³/mol. The van der Waals surface area contributed by atoms with Gasteiger partial charge < -0.3 is 9.84 Å². The van der Waals surface area contributed by atoms with Crippen LogP contribution in [0.3, 0.4) is 0 Å². The fraction of sp³-hybridized carbons (Fsp3) is 0.368. The van der Waals surface area contributed by atoms with E-state index in [2.05, 4.69) is 15.5 Å². The molecule has 0 saturated heterocycles. The minimum atomic E-state index is -0.672. The summed E-state index contributed by atoms with van der Waals surface area (Å²) in [7, 11) is 0. The Bertz CT molecular complexity index is 1050. The van der Waals surface area contributed by atoms with Crippen LogP contribution < -0.4 is 10.9 Å². The van der Waals surface area contributed by atoms with Crippen LogP contribution in [0.5, 0.6) is 0 Å². The first-order valence-electron chi connectivity index (χ1n) is 8.56. The Hall–Kier alpha value is -2.96. The number of anilines is 1. The van der Waals surface area contributed by atoms with Gasteiger partial charge in [-0.3, -0.25) is 14.2 Å². The van der Waals surface area contributed by atoms with E-state index in [-0.39, 0.29) is 17.2 Å². The fourth-order valence-corrected chi connectivity index (χ4v) is 3.17. The zero-order valence-electron chi connectivity index (χ0n) is 15.6. The second-order valence-electron chi connectivity index (χ2n) is 6.51. The molecule has 1 N–H and O–H groups in total. The molecular weight excluding hydrogens is 332 g/mol. The summed E-state index contributed by atoms with van der Waals surface area (Å²) in [4.78, 5) is 30.1. The molecule has 2 aromatic heterocycles. The van der Waals surface area contributed by atoms with Crippen LogP contribution in [-0.4, -0.2) is 20.6 Å². The molecule has 26 heavy (non-hydrogen) atoms. The molecule has 0 radical (unpaired) electrons. The number of aromatic nitrogens is 3. The van der Waals surface area contributed by atoms with Crippen LogP contribution in [0.1, 0.15) is 42.0 Å². The zero-order valence-corrected chi connectivity index (χ0v) is 15.6. The van der Waals surface area contributed by atoms with Crippen molar-refractivity contribution in [1.82, 2.24) is 14.7 Å². The van der Waals surface area contributed by atoms with Crippen molar-refractivity contribution >= 4 is 22.7 Å². The van der Waals surface area contributed by atoms with Crippen molar-refractivity contribution in [3.05, 3.63) is 51.2 Å². The number of rotatable bonds is 4. The molecule has 1 atom stereocenters. The Morgan fingerprint density at radius 2 is 2.00 bits per heavy atom. The van der Waals surface area contributed by atoms with Gasteiger partial charge in [-0.1, -0.05) is 29.8 Å². The lowest BCUT2D eigenvalue weighted by molar-refractivity contribution is -0.119. The second-order valence-corrected chi connectivity index (χ2v) is 6.51. The number of aryl methyl sites for hydroxylation is 4. The summed E-state index contributed by atoms with van der Waals surface area (Å²) in [5, 5.41) is 7.05. The van der Waals surface area contributed by atoms with Crippen LogP contribution in [0.25, 0.3) is 11.1 Å². The minimum Gasteiger partial charge on any atom is -0.335 e. The normalized spacial score (nSPS) is 12.3. The van der Waals surface area contributed by atoms with Crippen LogP contribution >= 0.6 is 0 Å². The van der Waals surface area contributed by atoms with Gasteiger partial charge >= 0.3 is 0 Å². The van der Waals surface area contributed by atoms with Gasteiger partial charge in [-0.25, -0.2) is 0 Å². The molecule has 7 nitrogen and oxygen atoms in total. The standard InChI is InChI=1S/C19H22N4O3/c1-6-15(17(24)21-14-8-7-10(2)9-11(14)3)23-13(5)20-18-16(19(23)25)12(4)22-26-18/h7-9,15H,6H2,1-5H3,(H,21,24). The maximum Gasteiger partial charge on any atom is 0.267 e. The SMILES string of the molecule is CCC(C(=O)Nc1ccc(C)cc1C)n1c(C)nc2onc(C)c2c1=O. The highest BCUT2D eigenvalue weighted by Crippen LogP contribution is 2.21. The number of nitrogens with zero attached hydrogens (tertiary/aromatic N) is 3. The van der Waals surface area contributed by atoms with Crippen LogP contribution in [0.4, 0.5) is 5.69 Å². The molecule has 2 heterocycles. The molecule has 0 aliphatic rings. The van der Waals surface area contributed by atoms with E-state index in [4.69, 9.17) is 4.52 Å². The summed E-state index contributed by atoms with van der Waals surface area (Å²) >= 11 is 0. The van der Waals surface area contributed by atoms with Crippen molar-refractivity contribution in [2.75, 3.05) is 5.32 Å². The first-order chi connectivity index (χ1) is 12.3. The lowest BCUT2D eigenvalue weighted by Crippen LogP contribution is -2.35. The number of carbonyl (C=O) groups excluding carboxylic acids is 1. The second kappa shape index (κ2) is 6.74. The average molecular weight is 354 g/mol. The maximum absolute atomic E-state index is 12.9. The fourth-order valence-electron chi connectivity index (χ4n) is 3.17. The lowest BCUT2D eigenvalue weighted by Gasteiger charge is -2.20. The van der Waals surface area contributed by atoms with Gasteiger partial charge in [0.05, 0.1) is 5.69 Å². The van der Waals surface area contributed by atoms with E-state index < -0.39 is 6.04 Å². The molecule has 1 amide bonds. The van der Waals surface area contributed by atoms with Crippen molar-refractivity contribution in [2.24, 2.45) is 0 Å². The summed E-state index contributed by atoms with van der Waals surface area (Å²) in [6.45, 7) is 9.17. The van der Waals surface area contributed by atoms with Gasteiger partial charge in [-0.05, 0) is 45.7 Å². The van der Waals surface area contributed by atoms with Gasteiger partial charge in [0.15, 0.2) is 0 Å². The summed E-state index contributed by atoms with van der Waals surface area (Å²) in [5.41, 5.74) is 3.19. The summed E-state index contributed by atoms with van der Waals surface area (Å²) in [6, 6.07) is 5.14. The highest BCUT2D eigenvalue weighted by molar-refractivity contribution is 5.94. The Morgan fingerprint density at radius 1 is 1.27 bits per heavy atom.